The minimum atomic E-state index is -0.471. The van der Waals surface area contributed by atoms with Gasteiger partial charge in [0.05, 0.1) is 19.9 Å². The van der Waals surface area contributed by atoms with E-state index in [9.17, 15) is 10.1 Å². The molecule has 0 spiro atoms. The van der Waals surface area contributed by atoms with Gasteiger partial charge in [0.2, 0.25) is 0 Å². The van der Waals surface area contributed by atoms with E-state index in [1.165, 1.54) is 19.4 Å². The second kappa shape index (κ2) is 7.48. The van der Waals surface area contributed by atoms with Crippen molar-refractivity contribution in [1.29, 1.82) is 5.26 Å². The van der Waals surface area contributed by atoms with Crippen molar-refractivity contribution in [3.8, 4) is 11.8 Å². The van der Waals surface area contributed by atoms with Gasteiger partial charge in [-0.25, -0.2) is 0 Å². The van der Waals surface area contributed by atoms with Crippen LogP contribution in [0.15, 0.2) is 51.1 Å². The SMILES string of the molecule is COc1ccc(Br)cc1C=C(C#N)C(=O)NCc1ccco1. The van der Waals surface area contributed by atoms with E-state index in [4.69, 9.17) is 9.15 Å². The molecule has 2 aromatic rings. The third-order valence-electron chi connectivity index (χ3n) is 2.86. The fourth-order valence-electron chi connectivity index (χ4n) is 1.80. The minimum absolute atomic E-state index is 0.0112. The molecule has 0 fully saturated rings. The van der Waals surface area contributed by atoms with Crippen molar-refractivity contribution in [3.05, 3.63) is 58.0 Å². The summed E-state index contributed by atoms with van der Waals surface area (Å²) in [6.07, 6.45) is 3.01. The Kier molecular flexibility index (Phi) is 5.39. The molecule has 0 saturated carbocycles. The van der Waals surface area contributed by atoms with Gasteiger partial charge in [0.15, 0.2) is 0 Å². The van der Waals surface area contributed by atoms with Crippen molar-refractivity contribution in [2.24, 2.45) is 0 Å². The number of furan rings is 1. The van der Waals surface area contributed by atoms with Crippen molar-refractivity contribution in [2.45, 2.75) is 6.54 Å². The van der Waals surface area contributed by atoms with Crippen molar-refractivity contribution in [1.82, 2.24) is 5.32 Å². The molecular formula is C16H13BrN2O3. The highest BCUT2D eigenvalue weighted by molar-refractivity contribution is 9.10. The van der Waals surface area contributed by atoms with E-state index >= 15 is 0 Å². The third-order valence-corrected chi connectivity index (χ3v) is 3.35. The summed E-state index contributed by atoms with van der Waals surface area (Å²) in [5.41, 5.74) is 0.629. The standard InChI is InChI=1S/C16H13BrN2O3/c1-21-15-5-4-13(17)8-11(15)7-12(9-18)16(20)19-10-14-3-2-6-22-14/h2-8H,10H2,1H3,(H,19,20). The highest BCUT2D eigenvalue weighted by Gasteiger charge is 2.11. The fraction of sp³-hybridized carbons (Fsp3) is 0.125. The summed E-state index contributed by atoms with van der Waals surface area (Å²) in [6.45, 7) is 0.223. The first kappa shape index (κ1) is 15.9. The van der Waals surface area contributed by atoms with Crippen LogP contribution in [0.5, 0.6) is 5.75 Å². The maximum Gasteiger partial charge on any atom is 0.262 e. The van der Waals surface area contributed by atoms with Crippen molar-refractivity contribution >= 4 is 27.9 Å². The fourth-order valence-corrected chi connectivity index (χ4v) is 2.18. The Labute approximate surface area is 136 Å². The first-order valence-corrected chi connectivity index (χ1v) is 7.19. The van der Waals surface area contributed by atoms with Crippen molar-refractivity contribution in [3.63, 3.8) is 0 Å². The number of nitrogens with zero attached hydrogens (tertiary/aromatic N) is 1. The molecule has 0 bridgehead atoms. The molecule has 0 aliphatic heterocycles. The number of rotatable bonds is 5. The Morgan fingerprint density at radius 3 is 2.95 bits per heavy atom. The average Bonchev–Trinajstić information content (AvgIpc) is 3.04. The number of halogens is 1. The number of methoxy groups -OCH3 is 1. The molecule has 0 aliphatic rings. The van der Waals surface area contributed by atoms with Gasteiger partial charge in [0, 0.05) is 10.0 Å². The van der Waals surface area contributed by atoms with Gasteiger partial charge in [0.25, 0.3) is 5.91 Å². The lowest BCUT2D eigenvalue weighted by atomic mass is 10.1. The second-order valence-electron chi connectivity index (χ2n) is 4.32. The lowest BCUT2D eigenvalue weighted by Crippen LogP contribution is -2.23. The third kappa shape index (κ3) is 3.99. The summed E-state index contributed by atoms with van der Waals surface area (Å²) in [4.78, 5) is 12.1. The zero-order chi connectivity index (χ0) is 15.9. The predicted molar refractivity (Wildman–Crippen MR) is 84.8 cm³/mol. The van der Waals surface area contributed by atoms with Gasteiger partial charge in [-0.05, 0) is 36.4 Å². The summed E-state index contributed by atoms with van der Waals surface area (Å²) in [7, 11) is 1.53. The molecule has 0 radical (unpaired) electrons. The molecule has 5 nitrogen and oxygen atoms in total. The van der Waals surface area contributed by atoms with Crippen LogP contribution in [-0.2, 0) is 11.3 Å². The molecule has 1 heterocycles. The van der Waals surface area contributed by atoms with E-state index < -0.39 is 5.91 Å². The Bertz CT molecular complexity index is 730. The summed E-state index contributed by atoms with van der Waals surface area (Å²) >= 11 is 3.35. The van der Waals surface area contributed by atoms with Crippen LogP contribution in [0.2, 0.25) is 0 Å². The monoisotopic (exact) mass is 360 g/mol. The van der Waals surface area contributed by atoms with E-state index in [-0.39, 0.29) is 12.1 Å². The molecule has 22 heavy (non-hydrogen) atoms. The highest BCUT2D eigenvalue weighted by atomic mass is 79.9. The molecule has 0 aliphatic carbocycles. The Balaban J connectivity index is 2.18. The first-order valence-electron chi connectivity index (χ1n) is 6.40. The number of nitrogens with one attached hydrogen (secondary N) is 1. The number of nitriles is 1. The van der Waals surface area contributed by atoms with Crippen LogP contribution in [0.3, 0.4) is 0 Å². The normalized spacial score (nSPS) is 10.9. The number of ether oxygens (including phenoxy) is 1. The second-order valence-corrected chi connectivity index (χ2v) is 5.23. The predicted octanol–water partition coefficient (Wildman–Crippen LogP) is 3.27. The molecule has 1 amide bonds. The van der Waals surface area contributed by atoms with Gasteiger partial charge in [0.1, 0.15) is 23.2 Å². The zero-order valence-corrected chi connectivity index (χ0v) is 13.4. The van der Waals surface area contributed by atoms with Crippen LogP contribution in [0.4, 0.5) is 0 Å². The van der Waals surface area contributed by atoms with Crippen LogP contribution in [0.1, 0.15) is 11.3 Å². The molecule has 0 atom stereocenters. The van der Waals surface area contributed by atoms with Gasteiger partial charge in [-0.2, -0.15) is 5.26 Å². The smallest absolute Gasteiger partial charge is 0.262 e. The Morgan fingerprint density at radius 1 is 1.50 bits per heavy atom. The molecule has 6 heteroatoms. The molecule has 1 aromatic carbocycles. The van der Waals surface area contributed by atoms with Gasteiger partial charge in [-0.3, -0.25) is 4.79 Å². The van der Waals surface area contributed by atoms with E-state index in [1.54, 1.807) is 24.3 Å². The van der Waals surface area contributed by atoms with Crippen molar-refractivity contribution < 1.29 is 13.9 Å². The molecule has 1 aromatic heterocycles. The van der Waals surface area contributed by atoms with Gasteiger partial charge in [-0.15, -0.1) is 0 Å². The lowest BCUT2D eigenvalue weighted by Gasteiger charge is -2.06. The molecule has 0 unspecified atom stereocenters. The van der Waals surface area contributed by atoms with E-state index in [2.05, 4.69) is 21.2 Å². The highest BCUT2D eigenvalue weighted by Crippen LogP contribution is 2.25. The lowest BCUT2D eigenvalue weighted by molar-refractivity contribution is -0.117. The largest absolute Gasteiger partial charge is 0.496 e. The number of hydrogen-bond donors (Lipinski definition) is 1. The van der Waals surface area contributed by atoms with Crippen LogP contribution < -0.4 is 10.1 Å². The number of benzene rings is 1. The summed E-state index contributed by atoms with van der Waals surface area (Å²) < 4.78 is 11.2. The quantitative estimate of drug-likeness (QED) is 0.655. The van der Waals surface area contributed by atoms with Crippen LogP contribution in [-0.4, -0.2) is 13.0 Å². The summed E-state index contributed by atoms with van der Waals surface area (Å²) in [6, 6.07) is 10.7. The van der Waals surface area contributed by atoms with Crippen molar-refractivity contribution in [2.75, 3.05) is 7.11 Å². The maximum atomic E-state index is 12.1. The Hall–Kier alpha value is -2.52. The van der Waals surface area contributed by atoms with E-state index in [0.29, 0.717) is 17.1 Å². The number of hydrogen-bond acceptors (Lipinski definition) is 4. The molecular weight excluding hydrogens is 348 g/mol. The minimum Gasteiger partial charge on any atom is -0.496 e. The van der Waals surface area contributed by atoms with Crippen LogP contribution in [0.25, 0.3) is 6.08 Å². The average molecular weight is 361 g/mol. The Morgan fingerprint density at radius 2 is 2.32 bits per heavy atom. The first-order chi connectivity index (χ1) is 10.6. The van der Waals surface area contributed by atoms with Crippen LogP contribution >= 0.6 is 15.9 Å². The van der Waals surface area contributed by atoms with Crippen LogP contribution in [0, 0.1) is 11.3 Å². The maximum absolute atomic E-state index is 12.1. The zero-order valence-electron chi connectivity index (χ0n) is 11.8. The molecule has 1 N–H and O–H groups in total. The number of amides is 1. The van der Waals surface area contributed by atoms with Gasteiger partial charge < -0.3 is 14.5 Å². The van der Waals surface area contributed by atoms with E-state index in [0.717, 1.165) is 4.47 Å². The summed E-state index contributed by atoms with van der Waals surface area (Å²) in [5, 5.41) is 11.8. The molecule has 2 rings (SSSR count). The van der Waals surface area contributed by atoms with Gasteiger partial charge in [-0.1, -0.05) is 15.9 Å². The topological polar surface area (TPSA) is 75.3 Å². The van der Waals surface area contributed by atoms with Gasteiger partial charge >= 0.3 is 0 Å². The number of carbonyl (C=O) groups is 1. The summed E-state index contributed by atoms with van der Waals surface area (Å²) in [5.74, 6) is 0.724. The van der Waals surface area contributed by atoms with E-state index in [1.807, 2.05) is 12.1 Å². The molecule has 112 valence electrons. The number of carbonyl (C=O) groups excluding carboxylic acids is 1. The molecule has 0 saturated heterocycles.